The summed E-state index contributed by atoms with van der Waals surface area (Å²) < 4.78 is 4.38. The summed E-state index contributed by atoms with van der Waals surface area (Å²) in [6.07, 6.45) is 3.46. The molecule has 0 aliphatic rings. The number of pyridine rings is 1. The third-order valence-electron chi connectivity index (χ3n) is 4.01. The van der Waals surface area contributed by atoms with Crippen molar-refractivity contribution in [1.82, 2.24) is 24.1 Å². The Kier molecular flexibility index (Phi) is 3.76. The van der Waals surface area contributed by atoms with Crippen LogP contribution in [-0.4, -0.2) is 38.2 Å². The predicted octanol–water partition coefficient (Wildman–Crippen LogP) is 2.32. The van der Waals surface area contributed by atoms with Crippen LogP contribution in [0.1, 0.15) is 5.56 Å². The smallest absolute Gasteiger partial charge is 0.263 e. The molecule has 0 unspecified atom stereocenters. The normalized spacial score (nSPS) is 11.3. The lowest BCUT2D eigenvalue weighted by Gasteiger charge is -2.14. The van der Waals surface area contributed by atoms with E-state index < -0.39 is 0 Å². The Morgan fingerprint density at radius 2 is 2.04 bits per heavy atom. The number of nitrogens with zero attached hydrogens (tertiary/aromatic N) is 6. The molecule has 0 amide bonds. The van der Waals surface area contributed by atoms with Gasteiger partial charge in [-0.25, -0.2) is 4.40 Å². The SMILES string of the molecule is CN(C)c1nnc2n(Cc3cccnc3)c(=O)c3cc(Br)ccc3n12. The highest BCUT2D eigenvalue weighted by Crippen LogP contribution is 2.22. The van der Waals surface area contributed by atoms with Crippen LogP contribution in [0, 0.1) is 0 Å². The van der Waals surface area contributed by atoms with Crippen LogP contribution >= 0.6 is 15.9 Å². The van der Waals surface area contributed by atoms with Crippen LogP contribution in [0.25, 0.3) is 16.7 Å². The Bertz CT molecular complexity index is 1130. The third kappa shape index (κ3) is 2.58. The zero-order chi connectivity index (χ0) is 17.6. The van der Waals surface area contributed by atoms with Gasteiger partial charge in [-0.3, -0.25) is 14.3 Å². The summed E-state index contributed by atoms with van der Waals surface area (Å²) in [7, 11) is 3.80. The minimum absolute atomic E-state index is 0.106. The third-order valence-corrected chi connectivity index (χ3v) is 4.50. The van der Waals surface area contributed by atoms with Crippen LogP contribution in [0.5, 0.6) is 0 Å². The number of fused-ring (bicyclic) bond motifs is 3. The van der Waals surface area contributed by atoms with Crippen molar-refractivity contribution in [3.05, 3.63) is 63.1 Å². The van der Waals surface area contributed by atoms with Crippen molar-refractivity contribution < 1.29 is 0 Å². The maximum Gasteiger partial charge on any atom is 0.263 e. The van der Waals surface area contributed by atoms with Gasteiger partial charge in [0, 0.05) is 31.0 Å². The number of benzene rings is 1. The topological polar surface area (TPSA) is 68.3 Å². The maximum atomic E-state index is 13.1. The van der Waals surface area contributed by atoms with Crippen molar-refractivity contribution >= 4 is 38.6 Å². The van der Waals surface area contributed by atoms with E-state index in [-0.39, 0.29) is 5.56 Å². The molecule has 0 aliphatic carbocycles. The molecule has 0 radical (unpaired) electrons. The number of rotatable bonds is 3. The summed E-state index contributed by atoms with van der Waals surface area (Å²) in [5.41, 5.74) is 1.60. The summed E-state index contributed by atoms with van der Waals surface area (Å²) in [5.74, 6) is 1.18. The molecule has 0 spiro atoms. The van der Waals surface area contributed by atoms with Gasteiger partial charge in [-0.2, -0.15) is 0 Å². The fourth-order valence-corrected chi connectivity index (χ4v) is 3.24. The van der Waals surface area contributed by atoms with Crippen LogP contribution in [0.4, 0.5) is 5.95 Å². The van der Waals surface area contributed by atoms with Gasteiger partial charge in [0.25, 0.3) is 5.56 Å². The average Bonchev–Trinajstić information content (AvgIpc) is 3.04. The molecular weight excluding hydrogens is 384 g/mol. The largest absolute Gasteiger partial charge is 0.347 e. The van der Waals surface area contributed by atoms with Crippen molar-refractivity contribution in [3.8, 4) is 0 Å². The second-order valence-electron chi connectivity index (χ2n) is 5.94. The summed E-state index contributed by atoms with van der Waals surface area (Å²) >= 11 is 3.45. The van der Waals surface area contributed by atoms with Gasteiger partial charge in [-0.1, -0.05) is 22.0 Å². The average molecular weight is 399 g/mol. The molecule has 0 aliphatic heterocycles. The molecule has 0 N–H and O–H groups in total. The highest BCUT2D eigenvalue weighted by molar-refractivity contribution is 9.10. The van der Waals surface area contributed by atoms with Gasteiger partial charge in [-0.15, -0.1) is 10.2 Å². The Balaban J connectivity index is 2.10. The minimum Gasteiger partial charge on any atom is -0.347 e. The fraction of sp³-hybridized carbons (Fsp3) is 0.176. The van der Waals surface area contributed by atoms with Crippen molar-refractivity contribution in [2.45, 2.75) is 6.54 Å². The van der Waals surface area contributed by atoms with Gasteiger partial charge in [-0.05, 0) is 29.8 Å². The van der Waals surface area contributed by atoms with Gasteiger partial charge in [0.2, 0.25) is 11.7 Å². The molecule has 126 valence electrons. The molecule has 3 heterocycles. The first kappa shape index (κ1) is 15.8. The number of halogens is 1. The quantitative estimate of drug-likeness (QED) is 0.529. The number of aromatic nitrogens is 5. The first-order valence-electron chi connectivity index (χ1n) is 7.69. The number of anilines is 1. The highest BCUT2D eigenvalue weighted by Gasteiger charge is 2.18. The first-order chi connectivity index (χ1) is 12.1. The van der Waals surface area contributed by atoms with Crippen LogP contribution in [0.2, 0.25) is 0 Å². The second kappa shape index (κ2) is 5.96. The van der Waals surface area contributed by atoms with Crippen molar-refractivity contribution in [3.63, 3.8) is 0 Å². The van der Waals surface area contributed by atoms with E-state index in [0.717, 1.165) is 15.6 Å². The summed E-state index contributed by atoms with van der Waals surface area (Å²) in [6.45, 7) is 0.379. The maximum absolute atomic E-state index is 13.1. The fourth-order valence-electron chi connectivity index (χ4n) is 2.88. The standard InChI is InChI=1S/C17H15BrN6O/c1-22(2)16-20-21-17-23(10-11-4-3-7-19-9-11)15(25)13-8-12(18)5-6-14(13)24(16)17/h3-9H,10H2,1-2H3. The van der Waals surface area contributed by atoms with E-state index in [0.29, 0.717) is 23.7 Å². The van der Waals surface area contributed by atoms with E-state index in [1.165, 1.54) is 0 Å². The Morgan fingerprint density at radius 3 is 2.76 bits per heavy atom. The number of hydrogen-bond acceptors (Lipinski definition) is 5. The van der Waals surface area contributed by atoms with Crippen molar-refractivity contribution in [2.75, 3.05) is 19.0 Å². The molecule has 0 saturated heterocycles. The van der Waals surface area contributed by atoms with E-state index >= 15 is 0 Å². The lowest BCUT2D eigenvalue weighted by molar-refractivity contribution is 0.763. The molecule has 0 fully saturated rings. The van der Waals surface area contributed by atoms with E-state index in [2.05, 4.69) is 31.1 Å². The molecular formula is C17H15BrN6O. The van der Waals surface area contributed by atoms with E-state index in [9.17, 15) is 4.79 Å². The molecule has 8 heteroatoms. The molecule has 4 rings (SSSR count). The molecule has 25 heavy (non-hydrogen) atoms. The van der Waals surface area contributed by atoms with Crippen LogP contribution < -0.4 is 10.5 Å². The van der Waals surface area contributed by atoms with Gasteiger partial charge in [0.1, 0.15) is 0 Å². The van der Waals surface area contributed by atoms with E-state index in [4.69, 9.17) is 0 Å². The van der Waals surface area contributed by atoms with Crippen LogP contribution in [-0.2, 0) is 6.54 Å². The first-order valence-corrected chi connectivity index (χ1v) is 8.49. The van der Waals surface area contributed by atoms with Gasteiger partial charge >= 0.3 is 0 Å². The summed E-state index contributed by atoms with van der Waals surface area (Å²) in [4.78, 5) is 19.1. The molecule has 0 bridgehead atoms. The predicted molar refractivity (Wildman–Crippen MR) is 100 cm³/mol. The molecule has 3 aromatic heterocycles. The lowest BCUT2D eigenvalue weighted by atomic mass is 10.2. The van der Waals surface area contributed by atoms with Gasteiger partial charge < -0.3 is 4.90 Å². The van der Waals surface area contributed by atoms with Crippen LogP contribution in [0.3, 0.4) is 0 Å². The molecule has 7 nitrogen and oxygen atoms in total. The Hall–Kier alpha value is -2.74. The van der Waals surface area contributed by atoms with E-state index in [1.54, 1.807) is 17.0 Å². The second-order valence-corrected chi connectivity index (χ2v) is 6.86. The van der Waals surface area contributed by atoms with Crippen molar-refractivity contribution in [1.29, 1.82) is 0 Å². The zero-order valence-electron chi connectivity index (χ0n) is 13.7. The Morgan fingerprint density at radius 1 is 1.20 bits per heavy atom. The lowest BCUT2D eigenvalue weighted by Crippen LogP contribution is -2.24. The van der Waals surface area contributed by atoms with E-state index in [1.807, 2.05) is 53.7 Å². The highest BCUT2D eigenvalue weighted by atomic mass is 79.9. The molecule has 1 aromatic carbocycles. The van der Waals surface area contributed by atoms with Crippen molar-refractivity contribution in [2.24, 2.45) is 0 Å². The molecule has 4 aromatic rings. The minimum atomic E-state index is -0.106. The van der Waals surface area contributed by atoms with Gasteiger partial charge in [0.15, 0.2) is 0 Å². The van der Waals surface area contributed by atoms with Crippen LogP contribution in [0.15, 0.2) is 52.0 Å². The van der Waals surface area contributed by atoms with Gasteiger partial charge in [0.05, 0.1) is 17.4 Å². The summed E-state index contributed by atoms with van der Waals surface area (Å²) in [6, 6.07) is 9.43. The Labute approximate surface area is 151 Å². The molecule has 0 atom stereocenters. The summed E-state index contributed by atoms with van der Waals surface area (Å²) in [5, 5.41) is 9.14. The molecule has 0 saturated carbocycles. The number of hydrogen-bond donors (Lipinski definition) is 0. The monoisotopic (exact) mass is 398 g/mol. The zero-order valence-corrected chi connectivity index (χ0v) is 15.3.